The minimum atomic E-state index is -0.349. The number of aromatic nitrogens is 1. The van der Waals surface area contributed by atoms with Gasteiger partial charge in [0.25, 0.3) is 5.91 Å². The molecule has 2 heterocycles. The molecule has 3 rings (SSSR count). The first kappa shape index (κ1) is 17.4. The van der Waals surface area contributed by atoms with Crippen LogP contribution in [0.15, 0.2) is 41.2 Å². The standard InChI is InChI=1S/C18H20ClN3O3/c1-12(2)21-11-20-22-14(9-19)8-15(23)17(16(22)18(21)24)25-10-13-6-4-3-5-7-13/h3-8,12,20H,9-11H2,1-2H3. The van der Waals surface area contributed by atoms with Gasteiger partial charge < -0.3 is 15.1 Å². The zero-order valence-electron chi connectivity index (χ0n) is 14.2. The van der Waals surface area contributed by atoms with Crippen LogP contribution in [0.4, 0.5) is 0 Å². The van der Waals surface area contributed by atoms with Crippen LogP contribution in [0.1, 0.15) is 35.6 Å². The molecule has 6 nitrogen and oxygen atoms in total. The molecule has 0 bridgehead atoms. The molecule has 1 amide bonds. The molecule has 1 aromatic heterocycles. The Morgan fingerprint density at radius 1 is 1.24 bits per heavy atom. The molecular formula is C18H20ClN3O3. The van der Waals surface area contributed by atoms with E-state index in [1.165, 1.54) is 6.07 Å². The quantitative estimate of drug-likeness (QED) is 0.831. The summed E-state index contributed by atoms with van der Waals surface area (Å²) in [5.41, 5.74) is 4.42. The monoisotopic (exact) mass is 361 g/mol. The normalized spacial score (nSPS) is 13.6. The van der Waals surface area contributed by atoms with E-state index in [1.54, 1.807) is 9.58 Å². The minimum Gasteiger partial charge on any atom is -0.482 e. The molecule has 1 N–H and O–H groups in total. The van der Waals surface area contributed by atoms with Crippen LogP contribution in [0.25, 0.3) is 0 Å². The molecule has 7 heteroatoms. The molecule has 0 unspecified atom stereocenters. The Hall–Kier alpha value is -2.47. The van der Waals surface area contributed by atoms with Crippen molar-refractivity contribution in [3.8, 4) is 5.75 Å². The lowest BCUT2D eigenvalue weighted by Crippen LogP contribution is -2.50. The molecular weight excluding hydrogens is 342 g/mol. The van der Waals surface area contributed by atoms with Crippen molar-refractivity contribution < 1.29 is 9.53 Å². The third-order valence-corrected chi connectivity index (χ3v) is 4.37. The smallest absolute Gasteiger partial charge is 0.278 e. The summed E-state index contributed by atoms with van der Waals surface area (Å²) in [6, 6.07) is 10.9. The van der Waals surface area contributed by atoms with Crippen molar-refractivity contribution in [2.75, 3.05) is 12.1 Å². The van der Waals surface area contributed by atoms with Gasteiger partial charge in [0.2, 0.25) is 5.43 Å². The number of benzene rings is 1. The van der Waals surface area contributed by atoms with Crippen LogP contribution in [0.5, 0.6) is 5.75 Å². The Kier molecular flexibility index (Phi) is 4.99. The first-order valence-electron chi connectivity index (χ1n) is 8.09. The Bertz CT molecular complexity index is 833. The van der Waals surface area contributed by atoms with E-state index in [1.807, 2.05) is 44.2 Å². The third-order valence-electron chi connectivity index (χ3n) is 4.10. The number of amides is 1. The summed E-state index contributed by atoms with van der Waals surface area (Å²) in [5.74, 6) is -0.0927. The molecule has 0 spiro atoms. The second kappa shape index (κ2) is 7.19. The van der Waals surface area contributed by atoms with Crippen LogP contribution in [-0.4, -0.2) is 28.2 Å². The number of hydrogen-bond acceptors (Lipinski definition) is 4. The highest BCUT2D eigenvalue weighted by molar-refractivity contribution is 6.17. The van der Waals surface area contributed by atoms with Crippen molar-refractivity contribution in [3.63, 3.8) is 0 Å². The number of halogens is 1. The van der Waals surface area contributed by atoms with Gasteiger partial charge in [-0.1, -0.05) is 30.3 Å². The molecule has 0 saturated heterocycles. The van der Waals surface area contributed by atoms with Gasteiger partial charge in [-0.05, 0) is 19.4 Å². The summed E-state index contributed by atoms with van der Waals surface area (Å²) in [6.07, 6.45) is 0. The van der Waals surface area contributed by atoms with E-state index in [9.17, 15) is 9.59 Å². The predicted molar refractivity (Wildman–Crippen MR) is 96.6 cm³/mol. The second-order valence-corrected chi connectivity index (χ2v) is 6.37. The predicted octanol–water partition coefficient (Wildman–Crippen LogP) is 2.53. The average molecular weight is 362 g/mol. The van der Waals surface area contributed by atoms with Crippen molar-refractivity contribution in [3.05, 3.63) is 63.6 Å². The number of pyridine rings is 1. The largest absolute Gasteiger partial charge is 0.482 e. The fraction of sp³-hybridized carbons (Fsp3) is 0.333. The van der Waals surface area contributed by atoms with Crippen LogP contribution in [0, 0.1) is 0 Å². The van der Waals surface area contributed by atoms with E-state index in [2.05, 4.69) is 5.43 Å². The van der Waals surface area contributed by atoms with Crippen LogP contribution in [-0.2, 0) is 12.5 Å². The van der Waals surface area contributed by atoms with E-state index in [0.717, 1.165) is 5.56 Å². The van der Waals surface area contributed by atoms with E-state index in [4.69, 9.17) is 16.3 Å². The molecule has 0 atom stereocenters. The Morgan fingerprint density at radius 2 is 1.96 bits per heavy atom. The highest BCUT2D eigenvalue weighted by Crippen LogP contribution is 2.23. The van der Waals surface area contributed by atoms with Gasteiger partial charge in [0.15, 0.2) is 11.4 Å². The number of rotatable bonds is 5. The summed E-state index contributed by atoms with van der Waals surface area (Å²) < 4.78 is 7.32. The van der Waals surface area contributed by atoms with Crippen LogP contribution in [0.2, 0.25) is 0 Å². The fourth-order valence-electron chi connectivity index (χ4n) is 2.76. The maximum Gasteiger partial charge on any atom is 0.278 e. The highest BCUT2D eigenvalue weighted by Gasteiger charge is 2.32. The zero-order chi connectivity index (χ0) is 18.0. The Balaban J connectivity index is 2.03. The van der Waals surface area contributed by atoms with Gasteiger partial charge in [0.05, 0.1) is 11.6 Å². The number of hydrogen-bond donors (Lipinski definition) is 1. The van der Waals surface area contributed by atoms with Gasteiger partial charge in [-0.3, -0.25) is 14.3 Å². The number of ether oxygens (including phenoxy) is 1. The van der Waals surface area contributed by atoms with Crippen molar-refractivity contribution in [2.24, 2.45) is 0 Å². The van der Waals surface area contributed by atoms with Gasteiger partial charge in [-0.2, -0.15) is 0 Å². The second-order valence-electron chi connectivity index (χ2n) is 6.11. The number of nitrogens with zero attached hydrogens (tertiary/aromatic N) is 2. The Morgan fingerprint density at radius 3 is 2.60 bits per heavy atom. The van der Waals surface area contributed by atoms with Crippen molar-refractivity contribution in [1.29, 1.82) is 0 Å². The fourth-order valence-corrected chi connectivity index (χ4v) is 2.95. The van der Waals surface area contributed by atoms with Gasteiger partial charge in [0.1, 0.15) is 13.3 Å². The SMILES string of the molecule is CC(C)N1CNn2c(CCl)cc(=O)c(OCc3ccccc3)c2C1=O. The molecule has 25 heavy (non-hydrogen) atoms. The number of carbonyl (C=O) groups is 1. The minimum absolute atomic E-state index is 0.00881. The topological polar surface area (TPSA) is 63.6 Å². The molecule has 132 valence electrons. The zero-order valence-corrected chi connectivity index (χ0v) is 14.9. The van der Waals surface area contributed by atoms with E-state index in [-0.39, 0.29) is 41.3 Å². The molecule has 1 aliphatic rings. The molecule has 0 saturated carbocycles. The number of nitrogens with one attached hydrogen (secondary N) is 1. The highest BCUT2D eigenvalue weighted by atomic mass is 35.5. The maximum absolute atomic E-state index is 12.9. The molecule has 1 aliphatic heterocycles. The lowest BCUT2D eigenvalue weighted by atomic mass is 10.2. The van der Waals surface area contributed by atoms with Crippen molar-refractivity contribution in [1.82, 2.24) is 9.58 Å². The first-order valence-corrected chi connectivity index (χ1v) is 8.63. The molecule has 0 radical (unpaired) electrons. The lowest BCUT2D eigenvalue weighted by molar-refractivity contribution is 0.0667. The lowest BCUT2D eigenvalue weighted by Gasteiger charge is -2.35. The third kappa shape index (κ3) is 3.35. The van der Waals surface area contributed by atoms with Crippen molar-refractivity contribution >= 4 is 17.5 Å². The van der Waals surface area contributed by atoms with Gasteiger partial charge in [0, 0.05) is 12.1 Å². The summed E-state index contributed by atoms with van der Waals surface area (Å²) in [4.78, 5) is 27.1. The molecule has 0 aliphatic carbocycles. The number of carbonyl (C=O) groups excluding carboxylic acids is 1. The number of alkyl halides is 1. The van der Waals surface area contributed by atoms with Gasteiger partial charge >= 0.3 is 0 Å². The molecule has 2 aromatic rings. The molecule has 1 aromatic carbocycles. The van der Waals surface area contributed by atoms with E-state index in [0.29, 0.717) is 12.4 Å². The van der Waals surface area contributed by atoms with Crippen LogP contribution < -0.4 is 15.6 Å². The average Bonchev–Trinajstić information content (AvgIpc) is 2.61. The maximum atomic E-state index is 12.9. The Labute approximate surface area is 150 Å². The van der Waals surface area contributed by atoms with E-state index < -0.39 is 0 Å². The van der Waals surface area contributed by atoms with Crippen LogP contribution in [0.3, 0.4) is 0 Å². The summed E-state index contributed by atoms with van der Waals surface area (Å²) >= 11 is 5.94. The number of fused-ring (bicyclic) bond motifs is 1. The van der Waals surface area contributed by atoms with E-state index >= 15 is 0 Å². The van der Waals surface area contributed by atoms with Gasteiger partial charge in [-0.25, -0.2) is 0 Å². The molecule has 0 fully saturated rings. The first-order chi connectivity index (χ1) is 12.0. The summed E-state index contributed by atoms with van der Waals surface area (Å²) in [7, 11) is 0. The van der Waals surface area contributed by atoms with Crippen molar-refractivity contribution in [2.45, 2.75) is 32.4 Å². The summed E-state index contributed by atoms with van der Waals surface area (Å²) in [6.45, 7) is 4.39. The van der Waals surface area contributed by atoms with Gasteiger partial charge in [-0.15, -0.1) is 11.6 Å². The van der Waals surface area contributed by atoms with Crippen LogP contribution >= 0.6 is 11.6 Å². The summed E-state index contributed by atoms with van der Waals surface area (Å²) in [5, 5.41) is 0.